The fraction of sp³-hybridized carbons (Fsp3) is 0.138. The number of H-pyrrole nitrogens is 1. The molecule has 2 heterocycles. The molecule has 0 aliphatic heterocycles. The Morgan fingerprint density at radius 1 is 1.16 bits per heavy atom. The van der Waals surface area contributed by atoms with Gasteiger partial charge in [0.15, 0.2) is 17.3 Å². The summed E-state index contributed by atoms with van der Waals surface area (Å²) in [7, 11) is 1.54. The van der Waals surface area contributed by atoms with E-state index in [4.69, 9.17) is 42.0 Å². The van der Waals surface area contributed by atoms with Crippen LogP contribution in [0.5, 0.6) is 11.5 Å². The van der Waals surface area contributed by atoms with Crippen LogP contribution in [0.2, 0.25) is 0 Å². The van der Waals surface area contributed by atoms with Crippen LogP contribution in [0.3, 0.4) is 0 Å². The highest BCUT2D eigenvalue weighted by Crippen LogP contribution is 2.33. The normalized spacial score (nSPS) is 11.7. The van der Waals surface area contributed by atoms with Crippen LogP contribution in [-0.2, 0) is 11.4 Å². The van der Waals surface area contributed by atoms with E-state index in [1.807, 2.05) is 24.3 Å². The van der Waals surface area contributed by atoms with Gasteiger partial charge in [-0.2, -0.15) is 4.68 Å². The molecular formula is C29H33N9O5. The van der Waals surface area contributed by atoms with Crippen LogP contribution in [0.1, 0.15) is 35.6 Å². The quantitative estimate of drug-likeness (QED) is 0.0764. The third-order valence-corrected chi connectivity index (χ3v) is 5.66. The van der Waals surface area contributed by atoms with Crippen molar-refractivity contribution in [1.29, 1.82) is 5.41 Å². The molecule has 0 radical (unpaired) electrons. The topological polar surface area (TPSA) is 233 Å². The number of aromatic amines is 1. The van der Waals surface area contributed by atoms with E-state index >= 15 is 0 Å². The molecule has 0 amide bonds. The first-order valence-corrected chi connectivity index (χ1v) is 12.8. The van der Waals surface area contributed by atoms with Crippen molar-refractivity contribution in [3.63, 3.8) is 0 Å². The van der Waals surface area contributed by atoms with Gasteiger partial charge in [0.05, 0.1) is 12.8 Å². The molecule has 43 heavy (non-hydrogen) atoms. The lowest BCUT2D eigenvalue weighted by molar-refractivity contribution is -0.134. The van der Waals surface area contributed by atoms with Gasteiger partial charge in [-0.25, -0.2) is 4.79 Å². The Morgan fingerprint density at radius 3 is 2.49 bits per heavy atom. The number of nitrogens with two attached hydrogens (primary N) is 3. The lowest BCUT2D eigenvalue weighted by Gasteiger charge is -2.20. The van der Waals surface area contributed by atoms with Crippen LogP contribution in [-0.4, -0.2) is 43.8 Å². The number of hydrogen-bond acceptors (Lipinski definition) is 10. The highest BCUT2D eigenvalue weighted by Gasteiger charge is 2.22. The fourth-order valence-electron chi connectivity index (χ4n) is 3.71. The number of aromatic nitrogens is 4. The number of amidine groups is 1. The van der Waals surface area contributed by atoms with Gasteiger partial charge >= 0.3 is 5.69 Å². The summed E-state index contributed by atoms with van der Waals surface area (Å²) < 4.78 is 12.6. The largest absolute Gasteiger partial charge is 0.493 e. The molecule has 4 aromatic rings. The monoisotopic (exact) mass is 587 g/mol. The number of pyridine rings is 1. The van der Waals surface area contributed by atoms with Crippen LogP contribution in [0.15, 0.2) is 90.0 Å². The molecule has 2 aromatic heterocycles. The van der Waals surface area contributed by atoms with Crippen LogP contribution in [0, 0.1) is 5.41 Å². The summed E-state index contributed by atoms with van der Waals surface area (Å²) in [5.74, 6) is 0.520. The zero-order chi connectivity index (χ0) is 31.4. The lowest BCUT2D eigenvalue weighted by atomic mass is 10.0. The van der Waals surface area contributed by atoms with E-state index in [0.717, 1.165) is 22.9 Å². The second kappa shape index (κ2) is 15.1. The van der Waals surface area contributed by atoms with E-state index in [1.54, 1.807) is 49.7 Å². The summed E-state index contributed by atoms with van der Waals surface area (Å²) in [5, 5.41) is 22.8. The van der Waals surface area contributed by atoms with E-state index in [-0.39, 0.29) is 18.3 Å². The second-order valence-corrected chi connectivity index (χ2v) is 8.81. The average Bonchev–Trinajstić information content (AvgIpc) is 3.39. The fourth-order valence-corrected chi connectivity index (χ4v) is 3.71. The molecule has 14 nitrogen and oxygen atoms in total. The van der Waals surface area contributed by atoms with Crippen molar-refractivity contribution in [3.8, 4) is 11.5 Å². The van der Waals surface area contributed by atoms with Crippen molar-refractivity contribution in [1.82, 2.24) is 19.7 Å². The summed E-state index contributed by atoms with van der Waals surface area (Å²) in [6, 6.07) is 17.4. The number of aliphatic carboxylic acids is 1. The molecule has 0 saturated heterocycles. The Morgan fingerprint density at radius 2 is 1.88 bits per heavy atom. The number of nitrogens with one attached hydrogen (secondary N) is 3. The predicted molar refractivity (Wildman–Crippen MR) is 162 cm³/mol. The number of allylic oxidation sites excluding steroid dienone is 2. The van der Waals surface area contributed by atoms with Crippen molar-refractivity contribution >= 4 is 23.3 Å². The Kier molecular flexibility index (Phi) is 11.0. The molecule has 1 unspecified atom stereocenters. The number of carbonyl (C=O) groups is 1. The maximum atomic E-state index is 12.7. The SMILES string of the molecule is CC(=O)O.COc1cc(C(Nc2ccc(C(=N)N)cc2)c2nn(/C(N)=C/C=C\N)c(=O)[nH]2)ccc1OCc1ccccn1. The van der Waals surface area contributed by atoms with Gasteiger partial charge < -0.3 is 37.1 Å². The third-order valence-electron chi connectivity index (χ3n) is 5.66. The van der Waals surface area contributed by atoms with Crippen molar-refractivity contribution in [2.75, 3.05) is 12.4 Å². The average molecular weight is 588 g/mol. The number of methoxy groups -OCH3 is 1. The van der Waals surface area contributed by atoms with Crippen LogP contribution in [0.25, 0.3) is 5.82 Å². The molecular weight excluding hydrogens is 554 g/mol. The third kappa shape index (κ3) is 8.97. The van der Waals surface area contributed by atoms with E-state index in [0.29, 0.717) is 28.6 Å². The molecule has 10 N–H and O–H groups in total. The molecule has 0 spiro atoms. The zero-order valence-electron chi connectivity index (χ0n) is 23.5. The Labute approximate surface area is 247 Å². The minimum absolute atomic E-state index is 0.0407. The summed E-state index contributed by atoms with van der Waals surface area (Å²) >= 11 is 0. The Balaban J connectivity index is 0.00000119. The first-order valence-electron chi connectivity index (χ1n) is 12.8. The van der Waals surface area contributed by atoms with Gasteiger partial charge in [-0.15, -0.1) is 5.10 Å². The summed E-state index contributed by atoms with van der Waals surface area (Å²) in [5.41, 5.74) is 19.2. The lowest BCUT2D eigenvalue weighted by Crippen LogP contribution is -2.21. The number of anilines is 1. The standard InChI is InChI=1S/C27H29N9O3.C2H4O2/c1-38-22-15-18(9-12-21(22)39-16-20-5-2-3-14-32-20)24(33-19-10-7-17(8-11-19)25(30)31)26-34-27(37)36(35-26)23(29)6-4-13-28;1-2(3)4/h2-15,24,33H,16,28-29H2,1H3,(H3,30,31)(H,34,35,37);1H3,(H,3,4)/b13-4-,23-6+;. The minimum atomic E-state index is -0.833. The van der Waals surface area contributed by atoms with Gasteiger partial charge in [0.1, 0.15) is 24.3 Å². The molecule has 1 atom stereocenters. The van der Waals surface area contributed by atoms with Crippen molar-refractivity contribution in [3.05, 3.63) is 118 Å². The Bertz CT molecular complexity index is 1640. The molecule has 2 aromatic carbocycles. The number of benzene rings is 2. The van der Waals surface area contributed by atoms with Crippen molar-refractivity contribution < 1.29 is 19.4 Å². The molecule has 4 rings (SSSR count). The highest BCUT2D eigenvalue weighted by atomic mass is 16.5. The van der Waals surface area contributed by atoms with E-state index in [2.05, 4.69) is 20.4 Å². The molecule has 0 bridgehead atoms. The zero-order valence-corrected chi connectivity index (χ0v) is 23.5. The summed E-state index contributed by atoms with van der Waals surface area (Å²) in [4.78, 5) is 28.7. The molecule has 0 aliphatic carbocycles. The number of hydrogen-bond donors (Lipinski definition) is 7. The van der Waals surface area contributed by atoms with Crippen molar-refractivity contribution in [2.24, 2.45) is 17.2 Å². The van der Waals surface area contributed by atoms with Gasteiger partial charge in [-0.1, -0.05) is 12.1 Å². The first-order chi connectivity index (χ1) is 20.6. The van der Waals surface area contributed by atoms with E-state index < -0.39 is 17.7 Å². The van der Waals surface area contributed by atoms with Gasteiger partial charge in [-0.05, 0) is 72.4 Å². The maximum Gasteiger partial charge on any atom is 0.349 e. The first kappa shape index (κ1) is 31.5. The number of ether oxygens (including phenoxy) is 2. The number of nitrogens with zero attached hydrogens (tertiary/aromatic N) is 3. The van der Waals surface area contributed by atoms with Crippen LogP contribution >= 0.6 is 0 Å². The number of carboxylic acid groups (broad SMARTS) is 1. The van der Waals surface area contributed by atoms with Gasteiger partial charge in [-0.3, -0.25) is 20.2 Å². The highest BCUT2D eigenvalue weighted by molar-refractivity contribution is 5.95. The molecule has 224 valence electrons. The Hall–Kier alpha value is -6.05. The summed E-state index contributed by atoms with van der Waals surface area (Å²) in [6.07, 6.45) is 5.96. The molecule has 0 aliphatic rings. The van der Waals surface area contributed by atoms with Gasteiger partial charge in [0.25, 0.3) is 5.97 Å². The van der Waals surface area contributed by atoms with E-state index in [9.17, 15) is 4.79 Å². The van der Waals surface area contributed by atoms with E-state index in [1.165, 1.54) is 18.4 Å². The molecule has 14 heteroatoms. The number of rotatable bonds is 11. The predicted octanol–water partition coefficient (Wildman–Crippen LogP) is 2.36. The van der Waals surface area contributed by atoms with Gasteiger partial charge in [0, 0.05) is 24.4 Å². The summed E-state index contributed by atoms with van der Waals surface area (Å²) in [6.45, 7) is 1.35. The van der Waals surface area contributed by atoms with Crippen LogP contribution < -0.4 is 37.7 Å². The smallest absolute Gasteiger partial charge is 0.349 e. The molecule has 0 saturated carbocycles. The van der Waals surface area contributed by atoms with Crippen LogP contribution in [0.4, 0.5) is 5.69 Å². The number of nitrogen functional groups attached to an aromatic ring is 1. The minimum Gasteiger partial charge on any atom is -0.493 e. The second-order valence-electron chi connectivity index (χ2n) is 8.81. The van der Waals surface area contributed by atoms with Crippen molar-refractivity contribution in [2.45, 2.75) is 19.6 Å². The molecule has 0 fully saturated rings. The van der Waals surface area contributed by atoms with Gasteiger partial charge in [0.2, 0.25) is 0 Å². The maximum absolute atomic E-state index is 12.7. The number of carboxylic acids is 1.